The molecule has 0 aliphatic heterocycles. The number of benzene rings is 2. The minimum absolute atomic E-state index is 0.0118. The highest BCUT2D eigenvalue weighted by Crippen LogP contribution is 2.16. The van der Waals surface area contributed by atoms with Crippen molar-refractivity contribution in [2.24, 2.45) is 5.10 Å². The van der Waals surface area contributed by atoms with Crippen LogP contribution in [0.4, 0.5) is 0 Å². The first kappa shape index (κ1) is 14.9. The second-order valence-electron chi connectivity index (χ2n) is 4.17. The zero-order valence-corrected chi connectivity index (χ0v) is 12.0. The standard InChI is InChI=1S/C16H14ClN3O/c17-15-7-3-1-5-13(15)11-19-20-12-14-6-2-4-8-16(14)21-10-9-18/h1-8,12,19H,10-11H2/b20-12-. The molecular weight excluding hydrogens is 286 g/mol. The van der Waals surface area contributed by atoms with Crippen molar-refractivity contribution in [3.8, 4) is 11.8 Å². The molecule has 0 amide bonds. The summed E-state index contributed by atoms with van der Waals surface area (Å²) >= 11 is 6.06. The summed E-state index contributed by atoms with van der Waals surface area (Å²) < 4.78 is 5.32. The first-order chi connectivity index (χ1) is 10.3. The maximum atomic E-state index is 8.55. The lowest BCUT2D eigenvalue weighted by Gasteiger charge is -2.05. The van der Waals surface area contributed by atoms with E-state index in [2.05, 4.69) is 10.5 Å². The number of nitriles is 1. The van der Waals surface area contributed by atoms with E-state index in [1.165, 1.54) is 0 Å². The molecule has 2 aromatic carbocycles. The van der Waals surface area contributed by atoms with Gasteiger partial charge in [-0.15, -0.1) is 0 Å². The Labute approximate surface area is 128 Å². The van der Waals surface area contributed by atoms with Crippen LogP contribution in [0.2, 0.25) is 5.02 Å². The first-order valence-electron chi connectivity index (χ1n) is 6.39. The molecule has 0 atom stereocenters. The molecule has 4 nitrogen and oxygen atoms in total. The van der Waals surface area contributed by atoms with E-state index >= 15 is 0 Å². The van der Waals surface area contributed by atoms with Crippen molar-refractivity contribution in [2.75, 3.05) is 6.61 Å². The summed E-state index contributed by atoms with van der Waals surface area (Å²) in [6.45, 7) is 0.551. The lowest BCUT2D eigenvalue weighted by atomic mass is 10.2. The average molecular weight is 300 g/mol. The third-order valence-electron chi connectivity index (χ3n) is 2.73. The Kier molecular flexibility index (Phi) is 5.62. The molecular formula is C16H14ClN3O. The van der Waals surface area contributed by atoms with Crippen molar-refractivity contribution in [3.05, 3.63) is 64.7 Å². The highest BCUT2D eigenvalue weighted by Gasteiger charge is 2.00. The van der Waals surface area contributed by atoms with Gasteiger partial charge in [-0.3, -0.25) is 0 Å². The van der Waals surface area contributed by atoms with Crippen LogP contribution in [0.25, 0.3) is 0 Å². The van der Waals surface area contributed by atoms with Crippen LogP contribution in [-0.4, -0.2) is 12.8 Å². The maximum Gasteiger partial charge on any atom is 0.174 e. The smallest absolute Gasteiger partial charge is 0.174 e. The van der Waals surface area contributed by atoms with Gasteiger partial charge >= 0.3 is 0 Å². The fraction of sp³-hybridized carbons (Fsp3) is 0.125. The molecule has 0 aliphatic carbocycles. The highest BCUT2D eigenvalue weighted by molar-refractivity contribution is 6.31. The molecule has 21 heavy (non-hydrogen) atoms. The van der Waals surface area contributed by atoms with Crippen LogP contribution in [0, 0.1) is 11.3 Å². The molecule has 0 spiro atoms. The average Bonchev–Trinajstić information content (AvgIpc) is 2.52. The lowest BCUT2D eigenvalue weighted by molar-refractivity contribution is 0.367. The van der Waals surface area contributed by atoms with Crippen LogP contribution in [0.1, 0.15) is 11.1 Å². The molecule has 2 aromatic rings. The van der Waals surface area contributed by atoms with Gasteiger partial charge < -0.3 is 10.2 Å². The SMILES string of the molecule is N#CCOc1ccccc1/C=N\NCc1ccccc1Cl. The Balaban J connectivity index is 1.96. The number of halogens is 1. The van der Waals surface area contributed by atoms with Gasteiger partial charge in [-0.25, -0.2) is 0 Å². The van der Waals surface area contributed by atoms with Gasteiger partial charge in [0, 0.05) is 10.6 Å². The van der Waals surface area contributed by atoms with Crippen LogP contribution in [-0.2, 0) is 6.54 Å². The molecule has 0 saturated heterocycles. The number of hydrogen-bond donors (Lipinski definition) is 1. The van der Waals surface area contributed by atoms with E-state index in [9.17, 15) is 0 Å². The van der Waals surface area contributed by atoms with E-state index in [4.69, 9.17) is 21.6 Å². The normalized spacial score (nSPS) is 10.3. The molecule has 5 heteroatoms. The van der Waals surface area contributed by atoms with Crippen molar-refractivity contribution >= 4 is 17.8 Å². The Morgan fingerprint density at radius 2 is 1.95 bits per heavy atom. The van der Waals surface area contributed by atoms with Crippen molar-refractivity contribution in [1.29, 1.82) is 5.26 Å². The fourth-order valence-corrected chi connectivity index (χ4v) is 1.92. The van der Waals surface area contributed by atoms with Gasteiger partial charge in [0.1, 0.15) is 11.8 Å². The van der Waals surface area contributed by atoms with Crippen LogP contribution >= 0.6 is 11.6 Å². The van der Waals surface area contributed by atoms with Crippen LogP contribution in [0.5, 0.6) is 5.75 Å². The van der Waals surface area contributed by atoms with Gasteiger partial charge in [0.25, 0.3) is 0 Å². The second kappa shape index (κ2) is 7.93. The van der Waals surface area contributed by atoms with Gasteiger partial charge in [-0.05, 0) is 23.8 Å². The largest absolute Gasteiger partial charge is 0.478 e. The number of hydrazone groups is 1. The van der Waals surface area contributed by atoms with Gasteiger partial charge in [0.2, 0.25) is 0 Å². The Bertz CT molecular complexity index is 665. The molecule has 0 bridgehead atoms. The van der Waals surface area contributed by atoms with E-state index in [1.807, 2.05) is 48.5 Å². The van der Waals surface area contributed by atoms with Crippen LogP contribution in [0.15, 0.2) is 53.6 Å². The third-order valence-corrected chi connectivity index (χ3v) is 3.10. The van der Waals surface area contributed by atoms with Gasteiger partial charge in [-0.2, -0.15) is 10.4 Å². The number of para-hydroxylation sites is 1. The van der Waals surface area contributed by atoms with E-state index in [0.717, 1.165) is 11.1 Å². The topological polar surface area (TPSA) is 57.4 Å². The quantitative estimate of drug-likeness (QED) is 0.657. The van der Waals surface area contributed by atoms with E-state index in [1.54, 1.807) is 12.3 Å². The molecule has 0 radical (unpaired) electrons. The minimum Gasteiger partial charge on any atom is -0.478 e. The molecule has 1 N–H and O–H groups in total. The Morgan fingerprint density at radius 3 is 2.76 bits per heavy atom. The first-order valence-corrected chi connectivity index (χ1v) is 6.77. The molecule has 0 unspecified atom stereocenters. The molecule has 0 heterocycles. The van der Waals surface area contributed by atoms with Gasteiger partial charge in [0.15, 0.2) is 6.61 Å². The van der Waals surface area contributed by atoms with E-state index in [0.29, 0.717) is 17.3 Å². The van der Waals surface area contributed by atoms with E-state index < -0.39 is 0 Å². The van der Waals surface area contributed by atoms with Crippen molar-refractivity contribution in [1.82, 2.24) is 5.43 Å². The van der Waals surface area contributed by atoms with Crippen LogP contribution in [0.3, 0.4) is 0 Å². The number of nitrogens with one attached hydrogen (secondary N) is 1. The molecule has 106 valence electrons. The summed E-state index contributed by atoms with van der Waals surface area (Å²) in [4.78, 5) is 0. The maximum absolute atomic E-state index is 8.55. The van der Waals surface area contributed by atoms with Crippen LogP contribution < -0.4 is 10.2 Å². The fourth-order valence-electron chi connectivity index (χ4n) is 1.72. The summed E-state index contributed by atoms with van der Waals surface area (Å²) in [7, 11) is 0. The molecule has 2 rings (SSSR count). The van der Waals surface area contributed by atoms with Crippen molar-refractivity contribution in [2.45, 2.75) is 6.54 Å². The summed E-state index contributed by atoms with van der Waals surface area (Å²) in [5, 5.41) is 13.4. The summed E-state index contributed by atoms with van der Waals surface area (Å²) in [5.41, 5.74) is 4.72. The predicted octanol–water partition coefficient (Wildman–Crippen LogP) is 3.37. The zero-order valence-electron chi connectivity index (χ0n) is 11.3. The highest BCUT2D eigenvalue weighted by atomic mass is 35.5. The number of ether oxygens (including phenoxy) is 1. The van der Waals surface area contributed by atoms with Crippen molar-refractivity contribution in [3.63, 3.8) is 0 Å². The van der Waals surface area contributed by atoms with Crippen molar-refractivity contribution < 1.29 is 4.74 Å². The molecule has 0 saturated carbocycles. The van der Waals surface area contributed by atoms with E-state index in [-0.39, 0.29) is 6.61 Å². The predicted molar refractivity (Wildman–Crippen MR) is 83.4 cm³/mol. The molecule has 0 aliphatic rings. The summed E-state index contributed by atoms with van der Waals surface area (Å²) in [6.07, 6.45) is 1.66. The minimum atomic E-state index is 0.0118. The third kappa shape index (κ3) is 4.51. The lowest BCUT2D eigenvalue weighted by Crippen LogP contribution is -2.06. The summed E-state index contributed by atoms with van der Waals surface area (Å²) in [6, 6.07) is 16.9. The van der Waals surface area contributed by atoms with Gasteiger partial charge in [0.05, 0.1) is 12.8 Å². The number of nitrogens with zero attached hydrogens (tertiary/aromatic N) is 2. The monoisotopic (exact) mass is 299 g/mol. The molecule has 0 fully saturated rings. The Hall–Kier alpha value is -2.51. The number of rotatable bonds is 6. The van der Waals surface area contributed by atoms with Gasteiger partial charge in [-0.1, -0.05) is 41.9 Å². The second-order valence-corrected chi connectivity index (χ2v) is 4.58. The Morgan fingerprint density at radius 1 is 1.19 bits per heavy atom. The molecule has 0 aromatic heterocycles. The number of hydrogen-bond acceptors (Lipinski definition) is 4. The summed E-state index contributed by atoms with van der Waals surface area (Å²) in [5.74, 6) is 0.627. The zero-order chi connectivity index (χ0) is 14.9.